The molecule has 0 heterocycles. The van der Waals surface area contributed by atoms with E-state index in [0.29, 0.717) is 11.5 Å². The second-order valence-electron chi connectivity index (χ2n) is 8.19. The molecule has 4 rings (SSSR count). The summed E-state index contributed by atoms with van der Waals surface area (Å²) in [6, 6.07) is 0.443. The molecule has 4 aliphatic rings. The average molecular weight is 275 g/mol. The first-order valence-electron chi connectivity index (χ1n) is 8.74. The van der Waals surface area contributed by atoms with Crippen LogP contribution in [-0.4, -0.2) is 17.3 Å². The monoisotopic (exact) mass is 275 g/mol. The van der Waals surface area contributed by atoms with Crippen LogP contribution in [0.2, 0.25) is 0 Å². The molecule has 0 amide bonds. The van der Waals surface area contributed by atoms with Gasteiger partial charge in [-0.1, -0.05) is 18.6 Å². The van der Waals surface area contributed by atoms with Gasteiger partial charge < -0.3 is 10.8 Å². The highest BCUT2D eigenvalue weighted by Crippen LogP contribution is 2.61. The Bertz CT molecular complexity index is 431. The Morgan fingerprint density at radius 1 is 1.10 bits per heavy atom. The van der Waals surface area contributed by atoms with Gasteiger partial charge >= 0.3 is 0 Å². The third-order valence-electron chi connectivity index (χ3n) is 7.51. The predicted molar refractivity (Wildman–Crippen MR) is 81.1 cm³/mol. The van der Waals surface area contributed by atoms with Crippen LogP contribution in [0.25, 0.3) is 0 Å². The molecule has 4 aliphatic carbocycles. The van der Waals surface area contributed by atoms with Crippen LogP contribution in [-0.2, 0) is 0 Å². The molecule has 0 spiro atoms. The molecule has 7 atom stereocenters. The third-order valence-corrected chi connectivity index (χ3v) is 7.51. The van der Waals surface area contributed by atoms with Gasteiger partial charge in [-0.3, -0.25) is 0 Å². The molecule has 2 nitrogen and oxygen atoms in total. The van der Waals surface area contributed by atoms with Crippen molar-refractivity contribution in [3.63, 3.8) is 0 Å². The first-order valence-corrected chi connectivity index (χ1v) is 8.74. The van der Waals surface area contributed by atoms with E-state index in [9.17, 15) is 5.11 Å². The summed E-state index contributed by atoms with van der Waals surface area (Å²) in [5, 5.41) is 9.88. The highest BCUT2D eigenvalue weighted by molar-refractivity contribution is 5.20. The van der Waals surface area contributed by atoms with Gasteiger partial charge in [0.15, 0.2) is 0 Å². The number of allylic oxidation sites excluding steroid dienone is 1. The van der Waals surface area contributed by atoms with E-state index in [1.54, 1.807) is 5.57 Å². The highest BCUT2D eigenvalue weighted by atomic mass is 16.3. The zero-order valence-electron chi connectivity index (χ0n) is 12.7. The Kier molecular flexibility index (Phi) is 3.05. The number of aliphatic hydroxyl groups excluding tert-OH is 1. The maximum absolute atomic E-state index is 9.88. The van der Waals surface area contributed by atoms with Gasteiger partial charge in [0.25, 0.3) is 0 Å². The predicted octanol–water partition coefficient (Wildman–Crippen LogP) is 3.25. The van der Waals surface area contributed by atoms with Crippen molar-refractivity contribution >= 4 is 0 Å². The average Bonchev–Trinajstić information content (AvgIpc) is 2.74. The van der Waals surface area contributed by atoms with E-state index in [2.05, 4.69) is 13.0 Å². The minimum atomic E-state index is -0.161. The fourth-order valence-electron chi connectivity index (χ4n) is 6.35. The Balaban J connectivity index is 1.62. The van der Waals surface area contributed by atoms with E-state index in [-0.39, 0.29) is 6.10 Å². The fraction of sp³-hybridized carbons (Fsp3) is 0.889. The molecule has 3 N–H and O–H groups in total. The van der Waals surface area contributed by atoms with Crippen molar-refractivity contribution in [2.45, 2.75) is 70.4 Å². The fourth-order valence-corrected chi connectivity index (χ4v) is 6.35. The SMILES string of the molecule is C[C@]12CC[C@H]3[C@@H](CCC4=C[C@H](O)CC[C@@H]43)[C@@H]1CC[C@@H]2N. The summed E-state index contributed by atoms with van der Waals surface area (Å²) in [5.74, 6) is 3.48. The van der Waals surface area contributed by atoms with Gasteiger partial charge in [0.05, 0.1) is 6.10 Å². The van der Waals surface area contributed by atoms with Crippen LogP contribution >= 0.6 is 0 Å². The summed E-state index contributed by atoms with van der Waals surface area (Å²) >= 11 is 0. The Hall–Kier alpha value is -0.340. The van der Waals surface area contributed by atoms with E-state index in [1.807, 2.05) is 0 Å². The van der Waals surface area contributed by atoms with Gasteiger partial charge in [-0.15, -0.1) is 0 Å². The van der Waals surface area contributed by atoms with Crippen LogP contribution in [0.5, 0.6) is 0 Å². The van der Waals surface area contributed by atoms with Gasteiger partial charge in [-0.25, -0.2) is 0 Å². The van der Waals surface area contributed by atoms with Crippen molar-refractivity contribution in [3.05, 3.63) is 11.6 Å². The van der Waals surface area contributed by atoms with Gasteiger partial charge in [0.2, 0.25) is 0 Å². The Morgan fingerprint density at radius 3 is 2.80 bits per heavy atom. The molecule has 3 fully saturated rings. The Morgan fingerprint density at radius 2 is 1.95 bits per heavy atom. The van der Waals surface area contributed by atoms with E-state index >= 15 is 0 Å². The number of hydrogen-bond donors (Lipinski definition) is 2. The summed E-state index contributed by atoms with van der Waals surface area (Å²) in [6.07, 6.45) is 12.2. The molecule has 0 aromatic heterocycles. The molecule has 0 aliphatic heterocycles. The molecule has 20 heavy (non-hydrogen) atoms. The van der Waals surface area contributed by atoms with Crippen molar-refractivity contribution < 1.29 is 5.11 Å². The number of rotatable bonds is 0. The van der Waals surface area contributed by atoms with Crippen LogP contribution in [0.3, 0.4) is 0 Å². The first kappa shape index (κ1) is 13.3. The summed E-state index contributed by atoms with van der Waals surface area (Å²) in [5.41, 5.74) is 8.47. The van der Waals surface area contributed by atoms with Gasteiger partial charge in [-0.05, 0) is 80.5 Å². The summed E-state index contributed by atoms with van der Waals surface area (Å²) in [4.78, 5) is 0. The lowest BCUT2D eigenvalue weighted by Crippen LogP contribution is -2.49. The zero-order valence-corrected chi connectivity index (χ0v) is 12.7. The topological polar surface area (TPSA) is 46.2 Å². The summed E-state index contributed by atoms with van der Waals surface area (Å²) < 4.78 is 0. The van der Waals surface area contributed by atoms with Gasteiger partial charge in [-0.2, -0.15) is 0 Å². The van der Waals surface area contributed by atoms with Crippen LogP contribution in [0.4, 0.5) is 0 Å². The van der Waals surface area contributed by atoms with Crippen LogP contribution in [0.15, 0.2) is 11.6 Å². The molecule has 0 bridgehead atoms. The van der Waals surface area contributed by atoms with Crippen molar-refractivity contribution in [2.75, 3.05) is 0 Å². The molecule has 0 aromatic carbocycles. The Labute approximate surface area is 122 Å². The number of hydrogen-bond acceptors (Lipinski definition) is 2. The van der Waals surface area contributed by atoms with Crippen LogP contribution < -0.4 is 5.73 Å². The lowest BCUT2D eigenvalue weighted by atomic mass is 9.52. The quantitative estimate of drug-likeness (QED) is 0.667. The molecule has 0 radical (unpaired) electrons. The second kappa shape index (κ2) is 4.58. The summed E-state index contributed by atoms with van der Waals surface area (Å²) in [7, 11) is 0. The lowest BCUT2D eigenvalue weighted by molar-refractivity contribution is -0.0110. The molecule has 3 saturated carbocycles. The van der Waals surface area contributed by atoms with E-state index in [1.165, 1.54) is 44.9 Å². The highest BCUT2D eigenvalue weighted by Gasteiger charge is 2.55. The first-order chi connectivity index (χ1) is 9.59. The van der Waals surface area contributed by atoms with E-state index in [0.717, 1.165) is 30.1 Å². The molecular formula is C18H29NO. The zero-order chi connectivity index (χ0) is 13.9. The van der Waals surface area contributed by atoms with Crippen LogP contribution in [0.1, 0.15) is 58.3 Å². The van der Waals surface area contributed by atoms with Gasteiger partial charge in [0, 0.05) is 6.04 Å². The largest absolute Gasteiger partial charge is 0.389 e. The number of aliphatic hydroxyl groups is 1. The second-order valence-corrected chi connectivity index (χ2v) is 8.19. The van der Waals surface area contributed by atoms with E-state index in [4.69, 9.17) is 5.73 Å². The molecular weight excluding hydrogens is 246 g/mol. The molecule has 0 saturated heterocycles. The minimum Gasteiger partial charge on any atom is -0.389 e. The molecule has 0 unspecified atom stereocenters. The maximum Gasteiger partial charge on any atom is 0.0723 e. The normalized spacial score (nSPS) is 54.6. The van der Waals surface area contributed by atoms with Crippen molar-refractivity contribution in [3.8, 4) is 0 Å². The third kappa shape index (κ3) is 1.77. The van der Waals surface area contributed by atoms with Gasteiger partial charge in [0.1, 0.15) is 0 Å². The van der Waals surface area contributed by atoms with Crippen molar-refractivity contribution in [1.82, 2.24) is 0 Å². The maximum atomic E-state index is 9.88. The number of fused-ring (bicyclic) bond motifs is 5. The number of nitrogens with two attached hydrogens (primary N) is 1. The molecule has 112 valence electrons. The van der Waals surface area contributed by atoms with Crippen molar-refractivity contribution in [1.29, 1.82) is 0 Å². The van der Waals surface area contributed by atoms with Crippen LogP contribution in [0, 0.1) is 29.1 Å². The lowest BCUT2D eigenvalue weighted by Gasteiger charge is -2.54. The smallest absolute Gasteiger partial charge is 0.0723 e. The molecule has 0 aromatic rings. The van der Waals surface area contributed by atoms with E-state index < -0.39 is 0 Å². The van der Waals surface area contributed by atoms with Crippen molar-refractivity contribution in [2.24, 2.45) is 34.8 Å². The summed E-state index contributed by atoms with van der Waals surface area (Å²) in [6.45, 7) is 2.47. The molecule has 2 heteroatoms. The standard InChI is InChI=1S/C18H29NO/c1-18-9-8-14-13-5-3-12(20)10-11(13)2-4-15(14)16(18)6-7-17(18)19/h10,12-17,20H,2-9,19H2,1H3/t12-,13+,14-,15-,16+,17+,18+/m1/s1. The minimum absolute atomic E-state index is 0.161.